The predicted molar refractivity (Wildman–Crippen MR) is 77.3 cm³/mol. The second kappa shape index (κ2) is 8.44. The lowest BCUT2D eigenvalue weighted by Crippen LogP contribution is -2.30. The number of nitrogens with one attached hydrogen (secondary N) is 1. The fourth-order valence-corrected chi connectivity index (χ4v) is 1.50. The summed E-state index contributed by atoms with van der Waals surface area (Å²) in [6.45, 7) is 1.19. The Labute approximate surface area is 118 Å². The molecule has 0 bridgehead atoms. The zero-order valence-corrected chi connectivity index (χ0v) is 11.7. The molecule has 6 heteroatoms. The van der Waals surface area contributed by atoms with Crippen LogP contribution in [0.25, 0.3) is 0 Å². The molecule has 0 spiro atoms. The number of methoxy groups -OCH3 is 1. The van der Waals surface area contributed by atoms with Crippen LogP contribution in [0, 0.1) is 0 Å². The van der Waals surface area contributed by atoms with Gasteiger partial charge >= 0.3 is 0 Å². The Morgan fingerprint density at radius 3 is 2.63 bits per heavy atom. The molecule has 3 N–H and O–H groups in total. The maximum Gasteiger partial charge on any atom is 0.257 e. The average molecular weight is 282 g/mol. The quantitative estimate of drug-likeness (QED) is 0.546. The summed E-state index contributed by atoms with van der Waals surface area (Å²) in [4.78, 5) is 11.8. The molecule has 5 nitrogen and oxygen atoms in total. The molecule has 0 saturated heterocycles. The van der Waals surface area contributed by atoms with Crippen molar-refractivity contribution in [3.8, 4) is 5.75 Å². The molecular formula is C13H18N2O3S. The van der Waals surface area contributed by atoms with Crippen LogP contribution in [0.5, 0.6) is 5.75 Å². The highest BCUT2D eigenvalue weighted by Gasteiger charge is 2.02. The van der Waals surface area contributed by atoms with Gasteiger partial charge in [0.1, 0.15) is 10.7 Å². The van der Waals surface area contributed by atoms with E-state index in [-0.39, 0.29) is 12.5 Å². The highest BCUT2D eigenvalue weighted by Crippen LogP contribution is 2.11. The van der Waals surface area contributed by atoms with E-state index in [1.54, 1.807) is 31.4 Å². The molecule has 1 aromatic carbocycles. The van der Waals surface area contributed by atoms with E-state index >= 15 is 0 Å². The number of carbonyl (C=O) groups excluding carboxylic acids is 1. The Hall–Kier alpha value is -1.66. The largest absolute Gasteiger partial charge is 0.484 e. The van der Waals surface area contributed by atoms with Crippen LogP contribution in [0.1, 0.15) is 12.0 Å². The smallest absolute Gasteiger partial charge is 0.257 e. The van der Waals surface area contributed by atoms with Crippen LogP contribution in [0.3, 0.4) is 0 Å². The first-order valence-electron chi connectivity index (χ1n) is 5.92. The number of benzene rings is 1. The number of nitrogens with two attached hydrogens (primary N) is 1. The van der Waals surface area contributed by atoms with E-state index in [2.05, 4.69) is 5.32 Å². The third-order valence-corrected chi connectivity index (χ3v) is 2.59. The van der Waals surface area contributed by atoms with Gasteiger partial charge in [0.2, 0.25) is 0 Å². The minimum Gasteiger partial charge on any atom is -0.484 e. The van der Waals surface area contributed by atoms with E-state index in [0.29, 0.717) is 23.9 Å². The molecule has 0 aliphatic carbocycles. The Balaban J connectivity index is 2.28. The molecule has 1 aromatic rings. The van der Waals surface area contributed by atoms with E-state index in [9.17, 15) is 4.79 Å². The van der Waals surface area contributed by atoms with Gasteiger partial charge < -0.3 is 20.5 Å². The molecule has 0 aliphatic heterocycles. The predicted octanol–water partition coefficient (Wildman–Crippen LogP) is 0.852. The van der Waals surface area contributed by atoms with Crippen molar-refractivity contribution >= 4 is 23.1 Å². The summed E-state index contributed by atoms with van der Waals surface area (Å²) in [5.74, 6) is 0.446. The summed E-state index contributed by atoms with van der Waals surface area (Å²) < 4.78 is 10.2. The number of rotatable bonds is 8. The van der Waals surface area contributed by atoms with E-state index in [4.69, 9.17) is 27.4 Å². The Morgan fingerprint density at radius 2 is 2.05 bits per heavy atom. The van der Waals surface area contributed by atoms with Gasteiger partial charge in [0.25, 0.3) is 5.91 Å². The molecule has 0 saturated carbocycles. The molecule has 104 valence electrons. The van der Waals surface area contributed by atoms with E-state index in [0.717, 1.165) is 12.0 Å². The van der Waals surface area contributed by atoms with Crippen molar-refractivity contribution in [2.75, 3.05) is 26.9 Å². The number of hydrogen-bond donors (Lipinski definition) is 2. The normalized spacial score (nSPS) is 9.95. The number of ether oxygens (including phenoxy) is 2. The molecule has 0 unspecified atom stereocenters. The average Bonchev–Trinajstić information content (AvgIpc) is 2.42. The van der Waals surface area contributed by atoms with Gasteiger partial charge in [0.05, 0.1) is 0 Å². The van der Waals surface area contributed by atoms with Crippen LogP contribution in [-0.4, -0.2) is 37.8 Å². The molecule has 0 heterocycles. The van der Waals surface area contributed by atoms with Gasteiger partial charge in [0, 0.05) is 25.8 Å². The molecule has 0 radical (unpaired) electrons. The molecule has 0 atom stereocenters. The SMILES string of the molecule is COCCCNC(=O)COc1ccc(C(N)=S)cc1. The summed E-state index contributed by atoms with van der Waals surface area (Å²) in [6, 6.07) is 6.97. The fourth-order valence-electron chi connectivity index (χ4n) is 1.36. The van der Waals surface area contributed by atoms with Gasteiger partial charge in [0.15, 0.2) is 6.61 Å². The van der Waals surface area contributed by atoms with Crippen LogP contribution < -0.4 is 15.8 Å². The van der Waals surface area contributed by atoms with Crippen molar-refractivity contribution in [1.82, 2.24) is 5.32 Å². The summed E-state index contributed by atoms with van der Waals surface area (Å²) in [7, 11) is 1.63. The zero-order valence-electron chi connectivity index (χ0n) is 10.8. The first-order valence-corrected chi connectivity index (χ1v) is 6.32. The molecule has 0 fully saturated rings. The maximum atomic E-state index is 11.4. The molecule has 0 aliphatic rings. The standard InChI is InChI=1S/C13H18N2O3S/c1-17-8-2-7-15-12(16)9-18-11-5-3-10(4-6-11)13(14)19/h3-6H,2,7-9H2,1H3,(H2,14,19)(H,15,16). The van der Waals surface area contributed by atoms with Crippen molar-refractivity contribution in [2.45, 2.75) is 6.42 Å². The van der Waals surface area contributed by atoms with Crippen molar-refractivity contribution in [2.24, 2.45) is 5.73 Å². The van der Waals surface area contributed by atoms with Gasteiger partial charge in [-0.05, 0) is 30.7 Å². The van der Waals surface area contributed by atoms with Crippen molar-refractivity contribution < 1.29 is 14.3 Å². The highest BCUT2D eigenvalue weighted by atomic mass is 32.1. The third kappa shape index (κ3) is 6.17. The second-order valence-electron chi connectivity index (χ2n) is 3.87. The van der Waals surface area contributed by atoms with Gasteiger partial charge in [-0.15, -0.1) is 0 Å². The van der Waals surface area contributed by atoms with Gasteiger partial charge in [-0.3, -0.25) is 4.79 Å². The van der Waals surface area contributed by atoms with Crippen LogP contribution >= 0.6 is 12.2 Å². The molecular weight excluding hydrogens is 264 g/mol. The number of hydrogen-bond acceptors (Lipinski definition) is 4. The van der Waals surface area contributed by atoms with Crippen molar-refractivity contribution in [3.05, 3.63) is 29.8 Å². The third-order valence-electron chi connectivity index (χ3n) is 2.36. The Bertz CT molecular complexity index is 420. The summed E-state index contributed by atoms with van der Waals surface area (Å²) >= 11 is 4.84. The molecule has 1 amide bonds. The molecule has 0 aromatic heterocycles. The lowest BCUT2D eigenvalue weighted by atomic mass is 10.2. The molecule has 1 rings (SSSR count). The number of thiocarbonyl (C=S) groups is 1. The zero-order chi connectivity index (χ0) is 14.1. The van der Waals surface area contributed by atoms with Gasteiger partial charge in [-0.1, -0.05) is 12.2 Å². The van der Waals surface area contributed by atoms with Crippen molar-refractivity contribution in [3.63, 3.8) is 0 Å². The fraction of sp³-hybridized carbons (Fsp3) is 0.385. The van der Waals surface area contributed by atoms with Crippen LogP contribution in [0.15, 0.2) is 24.3 Å². The van der Waals surface area contributed by atoms with E-state index in [1.165, 1.54) is 0 Å². The van der Waals surface area contributed by atoms with Gasteiger partial charge in [-0.25, -0.2) is 0 Å². The number of amides is 1. The Kier molecular flexibility index (Phi) is 6.84. The second-order valence-corrected chi connectivity index (χ2v) is 4.31. The highest BCUT2D eigenvalue weighted by molar-refractivity contribution is 7.80. The minimum absolute atomic E-state index is 0.0145. The lowest BCUT2D eigenvalue weighted by molar-refractivity contribution is -0.123. The van der Waals surface area contributed by atoms with Crippen LogP contribution in [0.2, 0.25) is 0 Å². The minimum atomic E-state index is -0.158. The topological polar surface area (TPSA) is 73.6 Å². The van der Waals surface area contributed by atoms with Gasteiger partial charge in [-0.2, -0.15) is 0 Å². The summed E-state index contributed by atoms with van der Waals surface area (Å²) in [5.41, 5.74) is 6.25. The summed E-state index contributed by atoms with van der Waals surface area (Å²) in [6.07, 6.45) is 0.783. The van der Waals surface area contributed by atoms with Crippen LogP contribution in [-0.2, 0) is 9.53 Å². The Morgan fingerprint density at radius 1 is 1.37 bits per heavy atom. The maximum absolute atomic E-state index is 11.4. The van der Waals surface area contributed by atoms with Crippen molar-refractivity contribution in [1.29, 1.82) is 0 Å². The number of carbonyl (C=O) groups is 1. The summed E-state index contributed by atoms with van der Waals surface area (Å²) in [5, 5.41) is 2.73. The van der Waals surface area contributed by atoms with Crippen LogP contribution in [0.4, 0.5) is 0 Å². The monoisotopic (exact) mass is 282 g/mol. The van der Waals surface area contributed by atoms with E-state index < -0.39 is 0 Å². The first-order chi connectivity index (χ1) is 9.13. The first kappa shape index (κ1) is 15.4. The van der Waals surface area contributed by atoms with E-state index in [1.807, 2.05) is 0 Å². The molecule has 19 heavy (non-hydrogen) atoms. The lowest BCUT2D eigenvalue weighted by Gasteiger charge is -2.07.